The van der Waals surface area contributed by atoms with Crippen molar-refractivity contribution in [2.75, 3.05) is 20.8 Å². The van der Waals surface area contributed by atoms with Gasteiger partial charge < -0.3 is 19.9 Å². The Balaban J connectivity index is 1.82. The van der Waals surface area contributed by atoms with E-state index >= 15 is 0 Å². The van der Waals surface area contributed by atoms with E-state index in [1.54, 1.807) is 14.2 Å². The summed E-state index contributed by atoms with van der Waals surface area (Å²) in [5, 5.41) is 14.5. The second-order valence-corrected chi connectivity index (χ2v) is 7.41. The minimum absolute atomic E-state index is 0.216. The Bertz CT molecular complexity index is 1070. The van der Waals surface area contributed by atoms with Gasteiger partial charge in [0.25, 0.3) is 0 Å². The summed E-state index contributed by atoms with van der Waals surface area (Å²) in [5.74, 6) is 0.982. The Morgan fingerprint density at radius 3 is 2.54 bits per heavy atom. The molecule has 1 unspecified atom stereocenters. The molecule has 1 atom stereocenters. The van der Waals surface area contributed by atoms with Crippen LogP contribution in [0.1, 0.15) is 22.7 Å². The molecule has 2 heterocycles. The summed E-state index contributed by atoms with van der Waals surface area (Å²) < 4.78 is 10.6. The van der Waals surface area contributed by atoms with Crippen LogP contribution in [0.4, 0.5) is 0 Å². The lowest BCUT2D eigenvalue weighted by Gasteiger charge is -2.28. The number of methoxy groups -OCH3 is 2. The van der Waals surface area contributed by atoms with Gasteiger partial charge >= 0.3 is 0 Å². The zero-order valence-corrected chi connectivity index (χ0v) is 16.4. The Kier molecular flexibility index (Phi) is 5.02. The van der Waals surface area contributed by atoms with E-state index in [0.717, 1.165) is 34.4 Å². The maximum absolute atomic E-state index is 12.9. The molecule has 0 radical (unpaired) electrons. The molecule has 7 heteroatoms. The van der Waals surface area contributed by atoms with Crippen LogP contribution in [0.15, 0.2) is 47.3 Å². The number of ether oxygens (including phenoxy) is 2. The average molecular weight is 396 g/mol. The number of rotatable bonds is 4. The maximum Gasteiger partial charge on any atom is 0.244 e. The second kappa shape index (κ2) is 7.61. The van der Waals surface area contributed by atoms with Crippen molar-refractivity contribution < 1.29 is 14.6 Å². The molecule has 0 bridgehead atoms. The molecule has 28 heavy (non-hydrogen) atoms. The standard InChI is InChI=1S/C21H20N2O4S/c1-26-15-10-13-8-9-22-18(14(13)11-16(15)27-2)17-19(24)23-20(28-21(17)25)12-6-4-3-5-7-12/h3-7,10-11,18,22,24H,8-9H2,1-2H3. The van der Waals surface area contributed by atoms with Crippen molar-refractivity contribution >= 4 is 11.3 Å². The number of benzene rings is 2. The summed E-state index contributed by atoms with van der Waals surface area (Å²) in [4.78, 5) is 17.3. The summed E-state index contributed by atoms with van der Waals surface area (Å²) >= 11 is 1.03. The highest BCUT2D eigenvalue weighted by Crippen LogP contribution is 2.38. The summed E-state index contributed by atoms with van der Waals surface area (Å²) in [6.07, 6.45) is 0.792. The van der Waals surface area contributed by atoms with Crippen LogP contribution in [0.5, 0.6) is 17.4 Å². The summed E-state index contributed by atoms with van der Waals surface area (Å²) in [5.41, 5.74) is 3.00. The molecule has 2 N–H and O–H groups in total. The van der Waals surface area contributed by atoms with Crippen molar-refractivity contribution in [2.45, 2.75) is 12.5 Å². The van der Waals surface area contributed by atoms with Gasteiger partial charge in [-0.25, -0.2) is 4.98 Å². The molecule has 6 nitrogen and oxygen atoms in total. The predicted octanol–water partition coefficient (Wildman–Crippen LogP) is 3.13. The van der Waals surface area contributed by atoms with Crippen LogP contribution in [0, 0.1) is 0 Å². The first-order valence-corrected chi connectivity index (χ1v) is 9.71. The Morgan fingerprint density at radius 1 is 1.14 bits per heavy atom. The van der Waals surface area contributed by atoms with Gasteiger partial charge in [0.15, 0.2) is 11.5 Å². The first-order valence-electron chi connectivity index (χ1n) is 8.90. The number of aromatic nitrogens is 1. The van der Waals surface area contributed by atoms with Gasteiger partial charge in [0, 0.05) is 12.1 Å². The smallest absolute Gasteiger partial charge is 0.244 e. The fourth-order valence-corrected chi connectivity index (χ4v) is 4.39. The van der Waals surface area contributed by atoms with Crippen molar-refractivity contribution in [1.29, 1.82) is 0 Å². The van der Waals surface area contributed by atoms with E-state index in [2.05, 4.69) is 10.3 Å². The van der Waals surface area contributed by atoms with Crippen LogP contribution < -0.4 is 19.5 Å². The SMILES string of the molecule is COc1cc2c(cc1OC)C(c1c(O)nc(-c3ccccc3)sc1=O)NCC2. The van der Waals surface area contributed by atoms with Crippen LogP contribution in [0.3, 0.4) is 0 Å². The van der Waals surface area contributed by atoms with Gasteiger partial charge in [-0.2, -0.15) is 0 Å². The van der Waals surface area contributed by atoms with Gasteiger partial charge in [-0.1, -0.05) is 41.7 Å². The quantitative estimate of drug-likeness (QED) is 0.705. The lowest BCUT2D eigenvalue weighted by atomic mass is 9.90. The highest BCUT2D eigenvalue weighted by molar-refractivity contribution is 7.12. The third-order valence-electron chi connectivity index (χ3n) is 4.87. The molecular formula is C21H20N2O4S. The molecule has 4 rings (SSSR count). The molecule has 0 aliphatic carbocycles. The third-order valence-corrected chi connectivity index (χ3v) is 5.79. The number of hydrogen-bond donors (Lipinski definition) is 2. The van der Waals surface area contributed by atoms with Gasteiger partial charge in [-0.15, -0.1) is 0 Å². The number of fused-ring (bicyclic) bond motifs is 1. The lowest BCUT2D eigenvalue weighted by molar-refractivity contribution is 0.352. The van der Waals surface area contributed by atoms with Crippen LogP contribution >= 0.6 is 11.3 Å². The number of nitrogens with one attached hydrogen (secondary N) is 1. The van der Waals surface area contributed by atoms with Gasteiger partial charge in [0.2, 0.25) is 10.6 Å². The van der Waals surface area contributed by atoms with Crippen molar-refractivity contribution in [2.24, 2.45) is 0 Å². The molecule has 0 amide bonds. The minimum Gasteiger partial charge on any atom is -0.493 e. The van der Waals surface area contributed by atoms with Gasteiger partial charge in [0.1, 0.15) is 5.01 Å². The molecule has 3 aromatic rings. The minimum atomic E-state index is -0.454. The van der Waals surface area contributed by atoms with Crippen LogP contribution in [-0.2, 0) is 6.42 Å². The molecule has 1 aromatic heterocycles. The first kappa shape index (κ1) is 18.5. The molecule has 0 spiro atoms. The van der Waals surface area contributed by atoms with Gasteiger partial charge in [-0.3, -0.25) is 4.79 Å². The van der Waals surface area contributed by atoms with E-state index in [1.165, 1.54) is 0 Å². The van der Waals surface area contributed by atoms with Crippen molar-refractivity contribution in [3.63, 3.8) is 0 Å². The Labute approximate surface area is 166 Å². The lowest BCUT2D eigenvalue weighted by Crippen LogP contribution is -2.33. The molecule has 0 saturated heterocycles. The molecular weight excluding hydrogens is 376 g/mol. The molecule has 1 aliphatic rings. The van der Waals surface area contributed by atoms with E-state index in [-0.39, 0.29) is 16.2 Å². The summed E-state index contributed by atoms with van der Waals surface area (Å²) in [6, 6.07) is 12.7. The molecule has 1 aliphatic heterocycles. The predicted molar refractivity (Wildman–Crippen MR) is 109 cm³/mol. The second-order valence-electron chi connectivity index (χ2n) is 6.45. The van der Waals surface area contributed by atoms with Crippen molar-refractivity contribution in [3.8, 4) is 28.0 Å². The number of aromatic hydroxyl groups is 1. The van der Waals surface area contributed by atoms with E-state index in [1.807, 2.05) is 42.5 Å². The Hall–Kier alpha value is -2.90. The summed E-state index contributed by atoms with van der Waals surface area (Å²) in [6.45, 7) is 0.678. The molecule has 0 fully saturated rings. The fourth-order valence-electron chi connectivity index (χ4n) is 3.51. The van der Waals surface area contributed by atoms with E-state index in [9.17, 15) is 9.90 Å². The highest BCUT2D eigenvalue weighted by Gasteiger charge is 2.29. The van der Waals surface area contributed by atoms with Crippen LogP contribution in [0.2, 0.25) is 0 Å². The van der Waals surface area contributed by atoms with E-state index in [4.69, 9.17) is 9.47 Å². The monoisotopic (exact) mass is 396 g/mol. The zero-order chi connectivity index (χ0) is 19.7. The van der Waals surface area contributed by atoms with E-state index in [0.29, 0.717) is 23.1 Å². The molecule has 0 saturated carbocycles. The zero-order valence-electron chi connectivity index (χ0n) is 15.6. The van der Waals surface area contributed by atoms with Gasteiger partial charge in [0.05, 0.1) is 25.8 Å². The van der Waals surface area contributed by atoms with Gasteiger partial charge in [-0.05, 0) is 29.7 Å². The van der Waals surface area contributed by atoms with E-state index < -0.39 is 6.04 Å². The van der Waals surface area contributed by atoms with Crippen LogP contribution in [0.25, 0.3) is 10.6 Å². The number of nitrogens with zero attached hydrogens (tertiary/aromatic N) is 1. The largest absolute Gasteiger partial charge is 0.493 e. The molecule has 144 valence electrons. The topological polar surface area (TPSA) is 80.7 Å². The van der Waals surface area contributed by atoms with Crippen molar-refractivity contribution in [1.82, 2.24) is 10.3 Å². The average Bonchev–Trinajstić information content (AvgIpc) is 2.73. The first-order chi connectivity index (χ1) is 13.6. The molecule has 2 aromatic carbocycles. The van der Waals surface area contributed by atoms with Crippen molar-refractivity contribution in [3.05, 3.63) is 68.7 Å². The number of hydrogen-bond acceptors (Lipinski definition) is 7. The normalized spacial score (nSPS) is 15.7. The summed E-state index contributed by atoms with van der Waals surface area (Å²) in [7, 11) is 3.17. The maximum atomic E-state index is 12.9. The fraction of sp³-hybridized carbons (Fsp3) is 0.238. The van der Waals surface area contributed by atoms with Crippen LogP contribution in [-0.4, -0.2) is 30.9 Å². The third kappa shape index (κ3) is 3.23. The highest BCUT2D eigenvalue weighted by atomic mass is 32.1. The Morgan fingerprint density at radius 2 is 1.86 bits per heavy atom.